The van der Waals surface area contributed by atoms with E-state index in [-0.39, 0.29) is 12.5 Å². The monoisotopic (exact) mass is 255 g/mol. The molecule has 0 radical (unpaired) electrons. The van der Waals surface area contributed by atoms with Crippen molar-refractivity contribution in [3.8, 4) is 0 Å². The number of benzene rings is 1. The normalized spacial score (nSPS) is 16.2. The molecule has 1 aliphatic heterocycles. The maximum atomic E-state index is 11.8. The second-order valence-corrected chi connectivity index (χ2v) is 3.86. The molecule has 2 amide bonds. The third kappa shape index (κ3) is 2.17. The van der Waals surface area contributed by atoms with Crippen LogP contribution in [0.25, 0.3) is 0 Å². The lowest BCUT2D eigenvalue weighted by Gasteiger charge is -2.14. The molecular weight excluding hydrogens is 246 g/mol. The van der Waals surface area contributed by atoms with Gasteiger partial charge in [-0.05, 0) is 12.1 Å². The summed E-state index contributed by atoms with van der Waals surface area (Å²) in [6, 6.07) is 6.44. The zero-order chi connectivity index (χ0) is 12.4. The third-order valence-corrected chi connectivity index (χ3v) is 2.69. The van der Waals surface area contributed by atoms with Crippen LogP contribution < -0.4 is 0 Å². The van der Waals surface area contributed by atoms with Gasteiger partial charge in [0.15, 0.2) is 0 Å². The van der Waals surface area contributed by atoms with Gasteiger partial charge in [-0.3, -0.25) is 14.4 Å². The van der Waals surface area contributed by atoms with Crippen molar-refractivity contribution >= 4 is 23.4 Å². The minimum Gasteiger partial charge on any atom is -0.389 e. The molecule has 0 bridgehead atoms. The molecule has 1 aromatic carbocycles. The van der Waals surface area contributed by atoms with Gasteiger partial charge >= 0.3 is 0 Å². The molecule has 17 heavy (non-hydrogen) atoms. The van der Waals surface area contributed by atoms with Crippen LogP contribution in [-0.2, 0) is 4.84 Å². The summed E-state index contributed by atoms with van der Waals surface area (Å²) < 4.78 is 0. The van der Waals surface area contributed by atoms with E-state index in [2.05, 4.69) is 0 Å². The summed E-state index contributed by atoms with van der Waals surface area (Å²) in [5.74, 6) is -1.07. The predicted molar refractivity (Wildman–Crippen MR) is 59.6 cm³/mol. The molecule has 2 rings (SSSR count). The van der Waals surface area contributed by atoms with Crippen molar-refractivity contribution < 1.29 is 19.5 Å². The van der Waals surface area contributed by atoms with Crippen LogP contribution >= 0.6 is 11.6 Å². The molecule has 0 saturated heterocycles. The molecule has 0 saturated carbocycles. The molecule has 0 aromatic heterocycles. The first kappa shape index (κ1) is 12.0. The van der Waals surface area contributed by atoms with Gasteiger partial charge in [-0.1, -0.05) is 12.1 Å². The highest BCUT2D eigenvalue weighted by molar-refractivity contribution is 6.20. The Bertz CT molecular complexity index is 428. The number of aliphatic hydroxyl groups excluding tert-OH is 1. The molecule has 1 aliphatic rings. The number of aliphatic hydroxyl groups is 1. The Hall–Kier alpha value is -1.43. The topological polar surface area (TPSA) is 66.8 Å². The predicted octanol–water partition coefficient (Wildman–Crippen LogP) is 0.814. The first-order valence-electron chi connectivity index (χ1n) is 5.00. The Morgan fingerprint density at radius 2 is 1.76 bits per heavy atom. The number of fused-ring (bicyclic) bond motifs is 1. The maximum Gasteiger partial charge on any atom is 0.285 e. The molecular formula is C11H10ClNO4. The van der Waals surface area contributed by atoms with Crippen LogP contribution in [0.5, 0.6) is 0 Å². The summed E-state index contributed by atoms with van der Waals surface area (Å²) >= 11 is 5.38. The fourth-order valence-corrected chi connectivity index (χ4v) is 1.58. The molecule has 1 atom stereocenters. The Balaban J connectivity index is 2.13. The van der Waals surface area contributed by atoms with Crippen LogP contribution in [0.1, 0.15) is 20.7 Å². The van der Waals surface area contributed by atoms with Crippen LogP contribution in [0.2, 0.25) is 0 Å². The van der Waals surface area contributed by atoms with Crippen molar-refractivity contribution in [2.24, 2.45) is 0 Å². The Morgan fingerprint density at radius 3 is 2.24 bits per heavy atom. The van der Waals surface area contributed by atoms with E-state index in [4.69, 9.17) is 16.4 Å². The van der Waals surface area contributed by atoms with Gasteiger partial charge in [-0.25, -0.2) is 0 Å². The highest BCUT2D eigenvalue weighted by atomic mass is 35.5. The minimum absolute atomic E-state index is 0.0246. The van der Waals surface area contributed by atoms with E-state index in [0.29, 0.717) is 16.2 Å². The molecule has 0 spiro atoms. The third-order valence-electron chi connectivity index (χ3n) is 2.33. The number of alkyl halides is 1. The van der Waals surface area contributed by atoms with E-state index in [9.17, 15) is 14.7 Å². The average Bonchev–Trinajstić information content (AvgIpc) is 2.60. The van der Waals surface area contributed by atoms with Gasteiger partial charge in [0, 0.05) is 0 Å². The number of carbonyl (C=O) groups excluding carboxylic acids is 2. The van der Waals surface area contributed by atoms with Gasteiger partial charge in [0.25, 0.3) is 11.8 Å². The minimum atomic E-state index is -0.916. The summed E-state index contributed by atoms with van der Waals surface area (Å²) in [6.07, 6.45) is -0.916. The van der Waals surface area contributed by atoms with E-state index < -0.39 is 17.9 Å². The molecule has 1 N–H and O–H groups in total. The lowest BCUT2D eigenvalue weighted by atomic mass is 10.1. The number of nitrogens with zero attached hydrogens (tertiary/aromatic N) is 1. The second kappa shape index (κ2) is 4.83. The van der Waals surface area contributed by atoms with Gasteiger partial charge < -0.3 is 5.11 Å². The number of carbonyl (C=O) groups is 2. The van der Waals surface area contributed by atoms with Gasteiger partial charge in [-0.15, -0.1) is 16.7 Å². The molecule has 5 nitrogen and oxygen atoms in total. The molecule has 0 fully saturated rings. The Kier molecular flexibility index (Phi) is 3.42. The molecule has 1 aromatic rings. The summed E-state index contributed by atoms with van der Waals surface area (Å²) in [5.41, 5.74) is 0.607. The van der Waals surface area contributed by atoms with Crippen molar-refractivity contribution in [1.29, 1.82) is 0 Å². The van der Waals surface area contributed by atoms with Crippen LogP contribution in [0.3, 0.4) is 0 Å². The number of imide groups is 1. The van der Waals surface area contributed by atoms with Gasteiger partial charge in [0.05, 0.1) is 23.1 Å². The number of hydrogen-bond donors (Lipinski definition) is 1. The zero-order valence-electron chi connectivity index (χ0n) is 8.80. The van der Waals surface area contributed by atoms with Crippen molar-refractivity contribution in [1.82, 2.24) is 5.06 Å². The molecule has 0 aliphatic carbocycles. The fraction of sp³-hybridized carbons (Fsp3) is 0.273. The molecule has 0 unspecified atom stereocenters. The van der Waals surface area contributed by atoms with E-state index in [1.807, 2.05) is 0 Å². The van der Waals surface area contributed by atoms with E-state index in [1.165, 1.54) is 0 Å². The SMILES string of the molecule is O=C1c2ccccc2C(=O)N1OC[C@H](O)CCl. The van der Waals surface area contributed by atoms with Gasteiger partial charge in [0.1, 0.15) is 6.61 Å². The van der Waals surface area contributed by atoms with E-state index >= 15 is 0 Å². The second-order valence-electron chi connectivity index (χ2n) is 3.55. The van der Waals surface area contributed by atoms with Crippen molar-refractivity contribution in [2.45, 2.75) is 6.10 Å². The summed E-state index contributed by atoms with van der Waals surface area (Å²) in [4.78, 5) is 28.5. The quantitative estimate of drug-likeness (QED) is 0.639. The Morgan fingerprint density at radius 1 is 1.24 bits per heavy atom. The van der Waals surface area contributed by atoms with Crippen molar-refractivity contribution in [3.05, 3.63) is 35.4 Å². The molecule has 6 heteroatoms. The maximum absolute atomic E-state index is 11.8. The number of halogens is 1. The first-order valence-corrected chi connectivity index (χ1v) is 5.53. The van der Waals surface area contributed by atoms with Crippen LogP contribution in [0.4, 0.5) is 0 Å². The zero-order valence-corrected chi connectivity index (χ0v) is 9.55. The van der Waals surface area contributed by atoms with Crippen molar-refractivity contribution in [3.63, 3.8) is 0 Å². The Labute approximate surface area is 102 Å². The van der Waals surface area contributed by atoms with Crippen LogP contribution in [0, 0.1) is 0 Å². The standard InChI is InChI=1S/C11H10ClNO4/c12-5-7(14)6-17-13-10(15)8-3-1-2-4-9(8)11(13)16/h1-4,7,14H,5-6H2/t7-/m1/s1. The molecule has 1 heterocycles. The lowest BCUT2D eigenvalue weighted by molar-refractivity contribution is -0.112. The fourth-order valence-electron chi connectivity index (χ4n) is 1.49. The summed E-state index contributed by atoms with van der Waals surface area (Å²) in [7, 11) is 0. The first-order chi connectivity index (χ1) is 8.15. The van der Waals surface area contributed by atoms with E-state index in [0.717, 1.165) is 0 Å². The van der Waals surface area contributed by atoms with Crippen LogP contribution in [0.15, 0.2) is 24.3 Å². The number of hydroxylamine groups is 2. The van der Waals surface area contributed by atoms with Gasteiger partial charge in [0.2, 0.25) is 0 Å². The van der Waals surface area contributed by atoms with Gasteiger partial charge in [-0.2, -0.15) is 0 Å². The average molecular weight is 256 g/mol. The lowest BCUT2D eigenvalue weighted by Crippen LogP contribution is -2.33. The van der Waals surface area contributed by atoms with Crippen molar-refractivity contribution in [2.75, 3.05) is 12.5 Å². The highest BCUT2D eigenvalue weighted by Crippen LogP contribution is 2.22. The molecule has 90 valence electrons. The highest BCUT2D eigenvalue weighted by Gasteiger charge is 2.36. The van der Waals surface area contributed by atoms with Crippen LogP contribution in [-0.4, -0.2) is 40.6 Å². The number of rotatable bonds is 4. The van der Waals surface area contributed by atoms with E-state index in [1.54, 1.807) is 24.3 Å². The number of amides is 2. The largest absolute Gasteiger partial charge is 0.389 e. The number of hydrogen-bond acceptors (Lipinski definition) is 4. The summed E-state index contributed by atoms with van der Waals surface area (Å²) in [6.45, 7) is -0.199. The smallest absolute Gasteiger partial charge is 0.285 e. The summed E-state index contributed by atoms with van der Waals surface area (Å²) in [5, 5.41) is 9.85.